The van der Waals surface area contributed by atoms with Crippen molar-refractivity contribution in [3.8, 4) is 6.07 Å². The summed E-state index contributed by atoms with van der Waals surface area (Å²) in [5.41, 5.74) is 1.07. The van der Waals surface area contributed by atoms with Crippen molar-refractivity contribution in [2.75, 3.05) is 20.2 Å². The largest absolute Gasteiger partial charge is 0.466 e. The zero-order chi connectivity index (χ0) is 14.3. The van der Waals surface area contributed by atoms with Gasteiger partial charge in [-0.25, -0.2) is 4.39 Å². The highest BCUT2D eigenvalue weighted by Gasteiger charge is 2.09. The summed E-state index contributed by atoms with van der Waals surface area (Å²) < 4.78 is 17.8. The molecule has 0 fully saturated rings. The Morgan fingerprint density at radius 3 is 2.89 bits per heavy atom. The van der Waals surface area contributed by atoms with Gasteiger partial charge in [0.15, 0.2) is 0 Å². The minimum Gasteiger partial charge on any atom is -0.466 e. The van der Waals surface area contributed by atoms with Crippen LogP contribution < -0.4 is 0 Å². The van der Waals surface area contributed by atoms with E-state index in [1.807, 2.05) is 18.0 Å². The number of halogens is 1. The average molecular weight is 264 g/mol. The third-order valence-electron chi connectivity index (χ3n) is 2.64. The lowest BCUT2D eigenvalue weighted by Gasteiger charge is -2.16. The molecule has 1 rings (SSSR count). The summed E-state index contributed by atoms with van der Waals surface area (Å²) in [4.78, 5) is 13.1. The molecule has 0 aliphatic heterocycles. The number of nitrogens with zero attached hydrogens (tertiary/aromatic N) is 2. The summed E-state index contributed by atoms with van der Waals surface area (Å²) in [7, 11) is 1.84. The Labute approximate surface area is 112 Å². The molecule has 1 aromatic rings. The predicted octanol–water partition coefficient (Wildman–Crippen LogP) is 2.08. The number of hydrogen-bond donors (Lipinski definition) is 0. The first-order chi connectivity index (χ1) is 9.06. The monoisotopic (exact) mass is 264 g/mol. The molecule has 0 unspecified atom stereocenters. The maximum absolute atomic E-state index is 13.0. The molecule has 4 nitrogen and oxygen atoms in total. The van der Waals surface area contributed by atoms with Gasteiger partial charge in [-0.15, -0.1) is 0 Å². The standard InChI is InChI=1S/C14H17FN2O2/c1-3-19-14(18)6-7-17(2)10-11-4-5-13(15)8-12(11)9-16/h4-5,8H,3,6-7,10H2,1-2H3. The quantitative estimate of drug-likeness (QED) is 0.738. The topological polar surface area (TPSA) is 53.3 Å². The molecule has 5 heteroatoms. The van der Waals surface area contributed by atoms with Crippen LogP contribution in [0.25, 0.3) is 0 Å². The van der Waals surface area contributed by atoms with E-state index in [2.05, 4.69) is 0 Å². The lowest BCUT2D eigenvalue weighted by Crippen LogP contribution is -2.22. The van der Waals surface area contributed by atoms with Crippen molar-refractivity contribution < 1.29 is 13.9 Å². The second-order valence-corrected chi connectivity index (χ2v) is 4.21. The molecule has 0 amide bonds. The van der Waals surface area contributed by atoms with Crippen molar-refractivity contribution in [3.63, 3.8) is 0 Å². The van der Waals surface area contributed by atoms with E-state index in [-0.39, 0.29) is 5.97 Å². The van der Waals surface area contributed by atoms with Gasteiger partial charge in [-0.05, 0) is 31.7 Å². The van der Waals surface area contributed by atoms with Gasteiger partial charge in [0.25, 0.3) is 0 Å². The smallest absolute Gasteiger partial charge is 0.307 e. The normalized spacial score (nSPS) is 10.3. The van der Waals surface area contributed by atoms with Crippen molar-refractivity contribution in [3.05, 3.63) is 35.1 Å². The van der Waals surface area contributed by atoms with E-state index in [0.717, 1.165) is 5.56 Å². The van der Waals surface area contributed by atoms with Crippen molar-refractivity contribution in [1.82, 2.24) is 4.90 Å². The van der Waals surface area contributed by atoms with Gasteiger partial charge in [0, 0.05) is 13.1 Å². The first-order valence-electron chi connectivity index (χ1n) is 6.09. The molecular formula is C14H17FN2O2. The molecule has 0 aliphatic carbocycles. The molecule has 0 N–H and O–H groups in total. The molecule has 0 aromatic heterocycles. The summed E-state index contributed by atoms with van der Waals surface area (Å²) in [6.07, 6.45) is 0.299. The van der Waals surface area contributed by atoms with Crippen LogP contribution in [0.4, 0.5) is 4.39 Å². The Morgan fingerprint density at radius 1 is 1.53 bits per heavy atom. The minimum absolute atomic E-state index is 0.242. The molecule has 0 aliphatic rings. The van der Waals surface area contributed by atoms with E-state index in [0.29, 0.717) is 31.7 Å². The van der Waals surface area contributed by atoms with Gasteiger partial charge >= 0.3 is 5.97 Å². The second-order valence-electron chi connectivity index (χ2n) is 4.21. The first kappa shape index (κ1) is 15.1. The maximum atomic E-state index is 13.0. The van der Waals surface area contributed by atoms with Gasteiger partial charge in [0.1, 0.15) is 5.82 Å². The van der Waals surface area contributed by atoms with Crippen LogP contribution in [0.5, 0.6) is 0 Å². The van der Waals surface area contributed by atoms with Gasteiger partial charge in [-0.1, -0.05) is 6.07 Å². The number of hydrogen-bond acceptors (Lipinski definition) is 4. The van der Waals surface area contributed by atoms with Gasteiger partial charge in [0.2, 0.25) is 0 Å². The Hall–Kier alpha value is -1.93. The van der Waals surface area contributed by atoms with Crippen molar-refractivity contribution >= 4 is 5.97 Å². The Kier molecular flexibility index (Phi) is 5.97. The summed E-state index contributed by atoms with van der Waals surface area (Å²) in [6, 6.07) is 6.11. The summed E-state index contributed by atoms with van der Waals surface area (Å²) in [5, 5.41) is 8.93. The molecule has 1 aromatic carbocycles. The number of carbonyl (C=O) groups excluding carboxylic acids is 1. The fourth-order valence-corrected chi connectivity index (χ4v) is 1.68. The van der Waals surface area contributed by atoms with E-state index in [1.54, 1.807) is 13.0 Å². The number of carbonyl (C=O) groups is 1. The molecule has 0 saturated carbocycles. The zero-order valence-electron chi connectivity index (χ0n) is 11.1. The van der Waals surface area contributed by atoms with E-state index < -0.39 is 5.82 Å². The minimum atomic E-state index is -0.422. The highest BCUT2D eigenvalue weighted by Crippen LogP contribution is 2.12. The predicted molar refractivity (Wildman–Crippen MR) is 68.7 cm³/mol. The molecule has 0 atom stereocenters. The molecule has 0 heterocycles. The number of nitriles is 1. The van der Waals surface area contributed by atoms with Crippen LogP contribution in [-0.2, 0) is 16.1 Å². The molecule has 0 saturated heterocycles. The average Bonchev–Trinajstić information content (AvgIpc) is 2.39. The van der Waals surface area contributed by atoms with Crippen LogP contribution in [0.1, 0.15) is 24.5 Å². The number of rotatable bonds is 6. The van der Waals surface area contributed by atoms with E-state index in [1.165, 1.54) is 12.1 Å². The Bertz CT molecular complexity index is 483. The summed E-state index contributed by atoms with van der Waals surface area (Å²) >= 11 is 0. The number of benzene rings is 1. The summed E-state index contributed by atoms with van der Waals surface area (Å²) in [5.74, 6) is -0.663. The third-order valence-corrected chi connectivity index (χ3v) is 2.64. The SMILES string of the molecule is CCOC(=O)CCN(C)Cc1ccc(F)cc1C#N. The van der Waals surface area contributed by atoms with Gasteiger partial charge in [-0.3, -0.25) is 4.79 Å². The van der Waals surface area contributed by atoms with Crippen molar-refractivity contribution in [1.29, 1.82) is 5.26 Å². The summed E-state index contributed by atoms with van der Waals surface area (Å²) in [6.45, 7) is 3.15. The van der Waals surface area contributed by atoms with Crippen LogP contribution in [-0.4, -0.2) is 31.1 Å². The highest BCUT2D eigenvalue weighted by molar-refractivity contribution is 5.69. The second kappa shape index (κ2) is 7.49. The lowest BCUT2D eigenvalue weighted by atomic mass is 10.1. The van der Waals surface area contributed by atoms with Crippen LogP contribution in [0, 0.1) is 17.1 Å². The van der Waals surface area contributed by atoms with Crippen LogP contribution in [0.2, 0.25) is 0 Å². The van der Waals surface area contributed by atoms with E-state index in [4.69, 9.17) is 10.00 Å². The van der Waals surface area contributed by atoms with Crippen molar-refractivity contribution in [2.45, 2.75) is 19.9 Å². The number of esters is 1. The Morgan fingerprint density at radius 2 is 2.26 bits per heavy atom. The van der Waals surface area contributed by atoms with Gasteiger partial charge in [-0.2, -0.15) is 5.26 Å². The maximum Gasteiger partial charge on any atom is 0.307 e. The van der Waals surface area contributed by atoms with Gasteiger partial charge < -0.3 is 9.64 Å². The van der Waals surface area contributed by atoms with E-state index >= 15 is 0 Å². The van der Waals surface area contributed by atoms with Crippen molar-refractivity contribution in [2.24, 2.45) is 0 Å². The molecule has 102 valence electrons. The molecule has 0 spiro atoms. The Balaban J connectivity index is 2.55. The number of ether oxygens (including phenoxy) is 1. The molecular weight excluding hydrogens is 247 g/mol. The van der Waals surface area contributed by atoms with Crippen LogP contribution in [0.15, 0.2) is 18.2 Å². The first-order valence-corrected chi connectivity index (χ1v) is 6.09. The molecule has 0 radical (unpaired) electrons. The third kappa shape index (κ3) is 5.06. The fraction of sp³-hybridized carbons (Fsp3) is 0.429. The van der Waals surface area contributed by atoms with Gasteiger partial charge in [0.05, 0.1) is 24.7 Å². The molecule has 0 bridgehead atoms. The fourth-order valence-electron chi connectivity index (χ4n) is 1.68. The lowest BCUT2D eigenvalue weighted by molar-refractivity contribution is -0.143. The zero-order valence-corrected chi connectivity index (χ0v) is 11.1. The highest BCUT2D eigenvalue weighted by atomic mass is 19.1. The van der Waals surface area contributed by atoms with Crippen LogP contribution >= 0.6 is 0 Å². The van der Waals surface area contributed by atoms with E-state index in [9.17, 15) is 9.18 Å². The van der Waals surface area contributed by atoms with Crippen LogP contribution in [0.3, 0.4) is 0 Å². The molecule has 19 heavy (non-hydrogen) atoms.